The van der Waals surface area contributed by atoms with Crippen molar-refractivity contribution in [1.82, 2.24) is 10.2 Å². The molecular formula is C27H37N3O3. The molecular weight excluding hydrogens is 414 g/mol. The number of benzene rings is 2. The second-order valence-electron chi connectivity index (χ2n) is 9.24. The van der Waals surface area contributed by atoms with E-state index in [0.717, 1.165) is 48.8 Å². The third kappa shape index (κ3) is 8.06. The molecule has 1 aliphatic carbocycles. The first-order chi connectivity index (χ1) is 16.2. The van der Waals surface area contributed by atoms with Crippen molar-refractivity contribution in [3.8, 4) is 5.75 Å². The molecule has 6 nitrogen and oxygen atoms in total. The molecule has 2 fully saturated rings. The molecule has 2 aliphatic rings. The number of carbonyl (C=O) groups is 1. The van der Waals surface area contributed by atoms with E-state index in [0.29, 0.717) is 19.8 Å². The first-order valence-electron chi connectivity index (χ1n) is 12.4. The number of amides is 2. The smallest absolute Gasteiger partial charge is 0.319 e. The molecule has 0 bridgehead atoms. The maximum absolute atomic E-state index is 12.5. The Morgan fingerprint density at radius 2 is 1.73 bits per heavy atom. The summed E-state index contributed by atoms with van der Waals surface area (Å²) in [6.07, 6.45) is 7.65. The van der Waals surface area contributed by atoms with Gasteiger partial charge < -0.3 is 25.0 Å². The van der Waals surface area contributed by atoms with Crippen LogP contribution in [0.15, 0.2) is 54.6 Å². The molecule has 1 aliphatic heterocycles. The van der Waals surface area contributed by atoms with E-state index < -0.39 is 0 Å². The van der Waals surface area contributed by atoms with E-state index in [4.69, 9.17) is 9.47 Å². The van der Waals surface area contributed by atoms with E-state index in [9.17, 15) is 4.79 Å². The number of likely N-dealkylation sites (tertiary alicyclic amines) is 1. The zero-order valence-corrected chi connectivity index (χ0v) is 19.5. The highest BCUT2D eigenvalue weighted by atomic mass is 16.5. The summed E-state index contributed by atoms with van der Waals surface area (Å²) in [5.41, 5.74) is 1.81. The zero-order chi connectivity index (χ0) is 22.7. The molecule has 0 aromatic heterocycles. The lowest BCUT2D eigenvalue weighted by atomic mass is 10.0. The van der Waals surface area contributed by atoms with Gasteiger partial charge in [-0.05, 0) is 61.4 Å². The van der Waals surface area contributed by atoms with E-state index in [1.54, 1.807) is 0 Å². The minimum absolute atomic E-state index is 0.126. The van der Waals surface area contributed by atoms with Gasteiger partial charge in [0.25, 0.3) is 0 Å². The van der Waals surface area contributed by atoms with Crippen LogP contribution in [0.2, 0.25) is 0 Å². The molecule has 1 saturated carbocycles. The zero-order valence-electron chi connectivity index (χ0n) is 19.5. The average molecular weight is 452 g/mol. The van der Waals surface area contributed by atoms with Gasteiger partial charge in [-0.15, -0.1) is 0 Å². The fourth-order valence-corrected chi connectivity index (χ4v) is 4.83. The lowest BCUT2D eigenvalue weighted by molar-refractivity contribution is 0.0889. The number of rotatable bonds is 10. The largest absolute Gasteiger partial charge is 0.491 e. The van der Waals surface area contributed by atoms with Gasteiger partial charge in [-0.2, -0.15) is 0 Å². The summed E-state index contributed by atoms with van der Waals surface area (Å²) in [6, 6.07) is 17.7. The molecule has 2 N–H and O–H groups in total. The van der Waals surface area contributed by atoms with Crippen molar-refractivity contribution in [3.05, 3.63) is 60.2 Å². The Morgan fingerprint density at radius 1 is 0.939 bits per heavy atom. The Kier molecular flexibility index (Phi) is 9.01. The fourth-order valence-electron chi connectivity index (χ4n) is 4.83. The molecule has 0 unspecified atom stereocenters. The molecule has 33 heavy (non-hydrogen) atoms. The van der Waals surface area contributed by atoms with E-state index in [2.05, 4.69) is 15.5 Å². The number of piperidine rings is 1. The van der Waals surface area contributed by atoms with Crippen LogP contribution < -0.4 is 15.4 Å². The molecule has 1 saturated heterocycles. The molecule has 0 spiro atoms. The molecule has 1 heterocycles. The number of nitrogens with zero attached hydrogens (tertiary/aromatic N) is 1. The average Bonchev–Trinajstić information content (AvgIpc) is 3.34. The molecule has 4 rings (SSSR count). The van der Waals surface area contributed by atoms with Gasteiger partial charge in [0, 0.05) is 31.4 Å². The van der Waals surface area contributed by atoms with Gasteiger partial charge in [0.2, 0.25) is 0 Å². The highest BCUT2D eigenvalue weighted by Gasteiger charge is 2.24. The van der Waals surface area contributed by atoms with Crippen LogP contribution in [-0.2, 0) is 11.3 Å². The van der Waals surface area contributed by atoms with Crippen LogP contribution in [0.25, 0.3) is 0 Å². The summed E-state index contributed by atoms with van der Waals surface area (Å²) in [5.74, 6) is 1.74. The Bertz CT molecular complexity index is 847. The number of anilines is 1. The minimum Gasteiger partial charge on any atom is -0.491 e. The number of hydrogen-bond donors (Lipinski definition) is 2. The molecule has 2 aromatic carbocycles. The fraction of sp³-hybridized carbons (Fsp3) is 0.519. The minimum atomic E-state index is -0.126. The number of ether oxygens (including phenoxy) is 2. The van der Waals surface area contributed by atoms with Crippen molar-refractivity contribution >= 4 is 11.7 Å². The molecule has 2 aromatic rings. The maximum atomic E-state index is 12.5. The highest BCUT2D eigenvalue weighted by Crippen LogP contribution is 2.26. The standard InChI is InChI=1S/C27H37N3O3/c31-27(28-24-13-15-30(16-14-24)20-22-7-4-5-8-22)29-25-10-6-9-23(19-25)21-32-17-18-33-26-11-2-1-3-12-26/h1-3,6,9-12,19,22,24H,4-5,7-8,13-18,20-21H2,(H2,28,29,31). The number of carbonyl (C=O) groups excluding carboxylic acids is 1. The third-order valence-electron chi connectivity index (χ3n) is 6.61. The Morgan fingerprint density at radius 3 is 2.52 bits per heavy atom. The predicted octanol–water partition coefficient (Wildman–Crippen LogP) is 5.06. The quantitative estimate of drug-likeness (QED) is 0.496. The topological polar surface area (TPSA) is 62.8 Å². The summed E-state index contributed by atoms with van der Waals surface area (Å²) in [4.78, 5) is 15.1. The predicted molar refractivity (Wildman–Crippen MR) is 132 cm³/mol. The second-order valence-corrected chi connectivity index (χ2v) is 9.24. The first kappa shape index (κ1) is 23.6. The highest BCUT2D eigenvalue weighted by molar-refractivity contribution is 5.89. The maximum Gasteiger partial charge on any atom is 0.319 e. The van der Waals surface area contributed by atoms with Crippen LogP contribution in [0.3, 0.4) is 0 Å². The van der Waals surface area contributed by atoms with Crippen LogP contribution in [0.5, 0.6) is 5.75 Å². The molecule has 0 atom stereocenters. The van der Waals surface area contributed by atoms with Crippen molar-refractivity contribution in [2.24, 2.45) is 5.92 Å². The lowest BCUT2D eigenvalue weighted by Gasteiger charge is -2.33. The first-order valence-corrected chi connectivity index (χ1v) is 12.4. The Balaban J connectivity index is 1.12. The van der Waals surface area contributed by atoms with Crippen LogP contribution in [0, 0.1) is 5.92 Å². The van der Waals surface area contributed by atoms with Crippen LogP contribution in [-0.4, -0.2) is 49.8 Å². The number of nitrogens with one attached hydrogen (secondary N) is 2. The van der Waals surface area contributed by atoms with Gasteiger partial charge in [0.05, 0.1) is 13.2 Å². The van der Waals surface area contributed by atoms with Crippen molar-refractivity contribution < 1.29 is 14.3 Å². The van der Waals surface area contributed by atoms with Crippen molar-refractivity contribution in [2.45, 2.75) is 51.2 Å². The van der Waals surface area contributed by atoms with Crippen LogP contribution in [0.1, 0.15) is 44.1 Å². The summed E-state index contributed by atoms with van der Waals surface area (Å²) in [7, 11) is 0. The van der Waals surface area contributed by atoms with Crippen molar-refractivity contribution in [1.29, 1.82) is 0 Å². The second kappa shape index (κ2) is 12.6. The van der Waals surface area contributed by atoms with E-state index in [-0.39, 0.29) is 12.1 Å². The van der Waals surface area contributed by atoms with Gasteiger partial charge in [-0.25, -0.2) is 4.79 Å². The van der Waals surface area contributed by atoms with Gasteiger partial charge in [0.1, 0.15) is 12.4 Å². The van der Waals surface area contributed by atoms with Crippen molar-refractivity contribution in [3.63, 3.8) is 0 Å². The van der Waals surface area contributed by atoms with Gasteiger partial charge in [0.15, 0.2) is 0 Å². The summed E-state index contributed by atoms with van der Waals surface area (Å²) >= 11 is 0. The Labute approximate surface area is 197 Å². The van der Waals surface area contributed by atoms with E-state index in [1.165, 1.54) is 32.2 Å². The molecule has 6 heteroatoms. The van der Waals surface area contributed by atoms with Crippen LogP contribution >= 0.6 is 0 Å². The summed E-state index contributed by atoms with van der Waals surface area (Å²) < 4.78 is 11.4. The third-order valence-corrected chi connectivity index (χ3v) is 6.61. The summed E-state index contributed by atoms with van der Waals surface area (Å²) in [5, 5.41) is 6.13. The van der Waals surface area contributed by atoms with Gasteiger partial charge in [-0.1, -0.05) is 43.2 Å². The molecule has 178 valence electrons. The van der Waals surface area contributed by atoms with Gasteiger partial charge >= 0.3 is 6.03 Å². The van der Waals surface area contributed by atoms with Gasteiger partial charge in [-0.3, -0.25) is 0 Å². The Hall–Kier alpha value is -2.57. The SMILES string of the molecule is O=C(Nc1cccc(COCCOc2ccccc2)c1)NC1CCN(CC2CCCC2)CC1. The van der Waals surface area contributed by atoms with E-state index in [1.807, 2.05) is 54.6 Å². The number of hydrogen-bond acceptors (Lipinski definition) is 4. The number of urea groups is 1. The molecule has 0 radical (unpaired) electrons. The number of para-hydroxylation sites is 1. The van der Waals surface area contributed by atoms with Crippen LogP contribution in [0.4, 0.5) is 10.5 Å². The van der Waals surface area contributed by atoms with E-state index >= 15 is 0 Å². The monoisotopic (exact) mass is 451 g/mol. The molecule has 2 amide bonds. The lowest BCUT2D eigenvalue weighted by Crippen LogP contribution is -2.46. The normalized spacial score (nSPS) is 17.7. The summed E-state index contributed by atoms with van der Waals surface area (Å²) in [6.45, 7) is 4.90. The van der Waals surface area contributed by atoms with Crippen molar-refractivity contribution in [2.75, 3.05) is 38.2 Å².